The van der Waals surface area contributed by atoms with E-state index in [2.05, 4.69) is 0 Å². The topological polar surface area (TPSA) is 38.8 Å². The number of rotatable bonds is 4. The molecule has 0 unspecified atom stereocenters. The molecule has 1 aromatic rings. The molecule has 0 aliphatic heterocycles. The van der Waals surface area contributed by atoms with Crippen molar-refractivity contribution in [1.82, 2.24) is 4.90 Å². The third-order valence-corrected chi connectivity index (χ3v) is 2.10. The molecule has 0 heterocycles. The zero-order valence-corrected chi connectivity index (χ0v) is 9.84. The van der Waals surface area contributed by atoms with E-state index in [9.17, 15) is 4.79 Å². The molecule has 0 bridgehead atoms. The van der Waals surface area contributed by atoms with Crippen LogP contribution in [0.5, 0.6) is 0 Å². The van der Waals surface area contributed by atoms with Crippen LogP contribution in [0.4, 0.5) is 4.79 Å². The van der Waals surface area contributed by atoms with E-state index >= 15 is 0 Å². The second kappa shape index (κ2) is 6.12. The molecule has 0 saturated heterocycles. The van der Waals surface area contributed by atoms with E-state index in [0.717, 1.165) is 5.56 Å². The SMILES string of the molecule is COC[C@H](OC(=O)N(C)C)c1ccccc1. The van der Waals surface area contributed by atoms with E-state index < -0.39 is 0 Å². The molecule has 1 atom stereocenters. The lowest BCUT2D eigenvalue weighted by Crippen LogP contribution is -2.26. The number of amides is 1. The molecule has 0 aromatic heterocycles. The van der Waals surface area contributed by atoms with Gasteiger partial charge in [0.1, 0.15) is 0 Å². The minimum atomic E-state index is -0.370. The summed E-state index contributed by atoms with van der Waals surface area (Å²) < 4.78 is 10.3. The van der Waals surface area contributed by atoms with E-state index in [-0.39, 0.29) is 12.2 Å². The Labute approximate surface area is 95.8 Å². The van der Waals surface area contributed by atoms with Crippen LogP contribution in [0.3, 0.4) is 0 Å². The first-order valence-corrected chi connectivity index (χ1v) is 5.07. The van der Waals surface area contributed by atoms with Gasteiger partial charge >= 0.3 is 6.09 Å². The van der Waals surface area contributed by atoms with E-state index in [1.165, 1.54) is 4.90 Å². The Balaban J connectivity index is 2.72. The van der Waals surface area contributed by atoms with Gasteiger partial charge in [-0.1, -0.05) is 30.3 Å². The van der Waals surface area contributed by atoms with Gasteiger partial charge in [-0.05, 0) is 5.56 Å². The molecule has 4 nitrogen and oxygen atoms in total. The van der Waals surface area contributed by atoms with Gasteiger partial charge in [0, 0.05) is 21.2 Å². The highest BCUT2D eigenvalue weighted by Crippen LogP contribution is 2.18. The second-order valence-electron chi connectivity index (χ2n) is 3.63. The summed E-state index contributed by atoms with van der Waals surface area (Å²) in [4.78, 5) is 12.8. The van der Waals surface area contributed by atoms with Crippen LogP contribution >= 0.6 is 0 Å². The molecule has 4 heteroatoms. The minimum absolute atomic E-state index is 0.351. The third-order valence-electron chi connectivity index (χ3n) is 2.10. The van der Waals surface area contributed by atoms with Crippen LogP contribution in [0.2, 0.25) is 0 Å². The summed E-state index contributed by atoms with van der Waals surface area (Å²) in [6, 6.07) is 9.55. The zero-order valence-electron chi connectivity index (χ0n) is 9.84. The van der Waals surface area contributed by atoms with Crippen LogP contribution in [-0.4, -0.2) is 38.8 Å². The molecule has 0 saturated carbocycles. The van der Waals surface area contributed by atoms with Gasteiger partial charge in [0.15, 0.2) is 6.10 Å². The first-order chi connectivity index (χ1) is 7.65. The van der Waals surface area contributed by atoms with Crippen molar-refractivity contribution < 1.29 is 14.3 Å². The van der Waals surface area contributed by atoms with Gasteiger partial charge in [-0.25, -0.2) is 4.79 Å². The van der Waals surface area contributed by atoms with Gasteiger partial charge in [-0.15, -0.1) is 0 Å². The first-order valence-electron chi connectivity index (χ1n) is 5.07. The van der Waals surface area contributed by atoms with Crippen LogP contribution in [0.25, 0.3) is 0 Å². The Morgan fingerprint density at radius 3 is 2.44 bits per heavy atom. The molecule has 0 radical (unpaired) electrons. The summed E-state index contributed by atoms with van der Waals surface area (Å²) in [5, 5.41) is 0. The van der Waals surface area contributed by atoms with E-state index in [4.69, 9.17) is 9.47 Å². The van der Waals surface area contributed by atoms with Crippen LogP contribution in [0.15, 0.2) is 30.3 Å². The summed E-state index contributed by atoms with van der Waals surface area (Å²) >= 11 is 0. The molecule has 1 aromatic carbocycles. The Kier molecular flexibility index (Phi) is 4.79. The number of nitrogens with zero attached hydrogens (tertiary/aromatic N) is 1. The van der Waals surface area contributed by atoms with Crippen molar-refractivity contribution in [3.8, 4) is 0 Å². The number of benzene rings is 1. The summed E-state index contributed by atoms with van der Waals surface area (Å²) in [5.41, 5.74) is 0.930. The maximum atomic E-state index is 11.4. The second-order valence-corrected chi connectivity index (χ2v) is 3.63. The fourth-order valence-corrected chi connectivity index (χ4v) is 1.24. The van der Waals surface area contributed by atoms with E-state index in [0.29, 0.717) is 6.61 Å². The van der Waals surface area contributed by atoms with Crippen molar-refractivity contribution >= 4 is 6.09 Å². The summed E-state index contributed by atoms with van der Waals surface area (Å²) in [5.74, 6) is 0. The maximum absolute atomic E-state index is 11.4. The van der Waals surface area contributed by atoms with Crippen LogP contribution in [-0.2, 0) is 9.47 Å². The minimum Gasteiger partial charge on any atom is -0.439 e. The fourth-order valence-electron chi connectivity index (χ4n) is 1.24. The average Bonchev–Trinajstić information content (AvgIpc) is 2.29. The Bertz CT molecular complexity index is 324. The first kappa shape index (κ1) is 12.5. The number of hydrogen-bond donors (Lipinski definition) is 0. The number of methoxy groups -OCH3 is 1. The van der Waals surface area contributed by atoms with Gasteiger partial charge in [0.2, 0.25) is 0 Å². The zero-order chi connectivity index (χ0) is 12.0. The smallest absolute Gasteiger partial charge is 0.409 e. The van der Waals surface area contributed by atoms with Crippen LogP contribution in [0.1, 0.15) is 11.7 Å². The monoisotopic (exact) mass is 223 g/mol. The van der Waals surface area contributed by atoms with Crippen LogP contribution < -0.4 is 0 Å². The fraction of sp³-hybridized carbons (Fsp3) is 0.417. The van der Waals surface area contributed by atoms with E-state index in [1.54, 1.807) is 21.2 Å². The molecular weight excluding hydrogens is 206 g/mol. The molecule has 0 spiro atoms. The molecule has 0 aliphatic rings. The predicted octanol–water partition coefficient (Wildman–Crippen LogP) is 2.07. The Morgan fingerprint density at radius 2 is 1.94 bits per heavy atom. The highest BCUT2D eigenvalue weighted by atomic mass is 16.6. The highest BCUT2D eigenvalue weighted by Gasteiger charge is 2.17. The molecule has 1 amide bonds. The lowest BCUT2D eigenvalue weighted by molar-refractivity contribution is 0.0255. The number of hydrogen-bond acceptors (Lipinski definition) is 3. The molecular formula is C12H17NO3. The predicted molar refractivity (Wildman–Crippen MR) is 61.2 cm³/mol. The third kappa shape index (κ3) is 3.55. The number of carbonyl (C=O) groups excluding carboxylic acids is 1. The Hall–Kier alpha value is -1.55. The van der Waals surface area contributed by atoms with Crippen molar-refractivity contribution in [2.75, 3.05) is 27.8 Å². The van der Waals surface area contributed by atoms with Crippen molar-refractivity contribution in [2.24, 2.45) is 0 Å². The summed E-state index contributed by atoms with van der Waals surface area (Å²) in [6.45, 7) is 0.351. The van der Waals surface area contributed by atoms with E-state index in [1.807, 2.05) is 30.3 Å². The van der Waals surface area contributed by atoms with Crippen molar-refractivity contribution in [3.63, 3.8) is 0 Å². The lowest BCUT2D eigenvalue weighted by Gasteiger charge is -2.20. The van der Waals surface area contributed by atoms with Crippen LogP contribution in [0, 0.1) is 0 Å². The van der Waals surface area contributed by atoms with Gasteiger partial charge in [-0.3, -0.25) is 0 Å². The molecule has 88 valence electrons. The lowest BCUT2D eigenvalue weighted by atomic mass is 10.1. The molecule has 0 N–H and O–H groups in total. The quantitative estimate of drug-likeness (QED) is 0.784. The van der Waals surface area contributed by atoms with Crippen molar-refractivity contribution in [2.45, 2.75) is 6.10 Å². The molecule has 0 aliphatic carbocycles. The van der Waals surface area contributed by atoms with Gasteiger partial charge < -0.3 is 14.4 Å². The highest BCUT2D eigenvalue weighted by molar-refractivity contribution is 5.67. The van der Waals surface area contributed by atoms with Gasteiger partial charge in [-0.2, -0.15) is 0 Å². The maximum Gasteiger partial charge on any atom is 0.409 e. The standard InChI is InChI=1S/C12H17NO3/c1-13(2)12(14)16-11(9-15-3)10-7-5-4-6-8-10/h4-8,11H,9H2,1-3H3/t11-/m0/s1. The Morgan fingerprint density at radius 1 is 1.31 bits per heavy atom. The van der Waals surface area contributed by atoms with Gasteiger partial charge in [0.25, 0.3) is 0 Å². The number of carbonyl (C=O) groups is 1. The summed E-state index contributed by atoms with van der Waals surface area (Å²) in [7, 11) is 4.88. The summed E-state index contributed by atoms with van der Waals surface area (Å²) in [6.07, 6.45) is -0.730. The number of ether oxygens (including phenoxy) is 2. The normalized spacial score (nSPS) is 11.9. The van der Waals surface area contributed by atoms with Crippen molar-refractivity contribution in [1.29, 1.82) is 0 Å². The average molecular weight is 223 g/mol. The van der Waals surface area contributed by atoms with Crippen molar-refractivity contribution in [3.05, 3.63) is 35.9 Å². The molecule has 1 rings (SSSR count). The molecule has 16 heavy (non-hydrogen) atoms. The largest absolute Gasteiger partial charge is 0.439 e. The molecule has 0 fully saturated rings. The van der Waals surface area contributed by atoms with Gasteiger partial charge in [0.05, 0.1) is 6.61 Å².